The molecular weight excluding hydrogens is 240 g/mol. The van der Waals surface area contributed by atoms with Crippen molar-refractivity contribution < 1.29 is 9.53 Å². The second kappa shape index (κ2) is 7.85. The van der Waals surface area contributed by atoms with Gasteiger partial charge in [0.1, 0.15) is 5.54 Å². The Morgan fingerprint density at radius 3 is 2.53 bits per heavy atom. The Morgan fingerprint density at radius 2 is 2.05 bits per heavy atom. The topological polar surface area (TPSA) is 41.6 Å². The zero-order valence-electron chi connectivity index (χ0n) is 13.0. The van der Waals surface area contributed by atoms with Crippen LogP contribution in [0.3, 0.4) is 0 Å². The molecule has 4 nitrogen and oxygen atoms in total. The SMILES string of the molecule is CCC1CCC(NCCN(CC)CC)(C(=O)OC)C1. The molecule has 2 atom stereocenters. The van der Waals surface area contributed by atoms with Crippen LogP contribution in [0.5, 0.6) is 0 Å². The maximum Gasteiger partial charge on any atom is 0.326 e. The highest BCUT2D eigenvalue weighted by molar-refractivity contribution is 5.81. The minimum atomic E-state index is -0.428. The molecule has 19 heavy (non-hydrogen) atoms. The molecule has 1 saturated carbocycles. The summed E-state index contributed by atoms with van der Waals surface area (Å²) in [6, 6.07) is 0. The predicted octanol–water partition coefficient (Wildman–Crippen LogP) is 2.04. The number of rotatable bonds is 8. The van der Waals surface area contributed by atoms with Crippen LogP contribution in [0.25, 0.3) is 0 Å². The fourth-order valence-electron chi connectivity index (χ4n) is 3.10. The maximum atomic E-state index is 12.1. The summed E-state index contributed by atoms with van der Waals surface area (Å²) in [5.41, 5.74) is -0.428. The van der Waals surface area contributed by atoms with Crippen molar-refractivity contribution in [2.75, 3.05) is 33.3 Å². The molecule has 0 radical (unpaired) electrons. The van der Waals surface area contributed by atoms with Crippen molar-refractivity contribution in [1.29, 1.82) is 0 Å². The van der Waals surface area contributed by atoms with Crippen molar-refractivity contribution in [3.63, 3.8) is 0 Å². The number of carbonyl (C=O) groups is 1. The highest BCUT2D eigenvalue weighted by Crippen LogP contribution is 2.37. The summed E-state index contributed by atoms with van der Waals surface area (Å²) in [7, 11) is 1.50. The second-order valence-corrected chi connectivity index (χ2v) is 5.54. The highest BCUT2D eigenvalue weighted by Gasteiger charge is 2.45. The van der Waals surface area contributed by atoms with E-state index >= 15 is 0 Å². The smallest absolute Gasteiger partial charge is 0.326 e. The number of nitrogens with zero attached hydrogens (tertiary/aromatic N) is 1. The number of hydrogen-bond donors (Lipinski definition) is 1. The summed E-state index contributed by atoms with van der Waals surface area (Å²) >= 11 is 0. The lowest BCUT2D eigenvalue weighted by Crippen LogP contribution is -2.52. The number of nitrogens with one attached hydrogen (secondary N) is 1. The normalized spacial score (nSPS) is 26.9. The third-order valence-electron chi connectivity index (χ3n) is 4.56. The Labute approximate surface area is 117 Å². The van der Waals surface area contributed by atoms with Crippen molar-refractivity contribution in [2.24, 2.45) is 5.92 Å². The minimum Gasteiger partial charge on any atom is -0.468 e. The van der Waals surface area contributed by atoms with Crippen LogP contribution in [0.2, 0.25) is 0 Å². The standard InChI is InChI=1S/C15H30N2O2/c1-5-13-8-9-15(12-13,14(18)19-4)16-10-11-17(6-2)7-3/h13,16H,5-12H2,1-4H3. The quantitative estimate of drug-likeness (QED) is 0.685. The summed E-state index contributed by atoms with van der Waals surface area (Å²) < 4.78 is 5.03. The van der Waals surface area contributed by atoms with Crippen LogP contribution in [0.15, 0.2) is 0 Å². The van der Waals surface area contributed by atoms with E-state index in [0.717, 1.165) is 51.9 Å². The molecule has 0 saturated heterocycles. The molecule has 4 heteroatoms. The molecule has 1 rings (SSSR count). The van der Waals surface area contributed by atoms with E-state index in [-0.39, 0.29) is 5.97 Å². The van der Waals surface area contributed by atoms with Crippen LogP contribution in [0.4, 0.5) is 0 Å². The van der Waals surface area contributed by atoms with Crippen molar-refractivity contribution in [3.8, 4) is 0 Å². The number of esters is 1. The van der Waals surface area contributed by atoms with E-state index < -0.39 is 5.54 Å². The Morgan fingerprint density at radius 1 is 1.37 bits per heavy atom. The second-order valence-electron chi connectivity index (χ2n) is 5.54. The number of hydrogen-bond acceptors (Lipinski definition) is 4. The molecule has 2 unspecified atom stereocenters. The van der Waals surface area contributed by atoms with Gasteiger partial charge in [0, 0.05) is 13.1 Å². The number of ether oxygens (including phenoxy) is 1. The van der Waals surface area contributed by atoms with Crippen LogP contribution >= 0.6 is 0 Å². The predicted molar refractivity (Wildman–Crippen MR) is 78.2 cm³/mol. The molecule has 1 N–H and O–H groups in total. The third kappa shape index (κ3) is 4.18. The third-order valence-corrected chi connectivity index (χ3v) is 4.56. The molecule has 0 aromatic heterocycles. The van der Waals surface area contributed by atoms with E-state index in [1.165, 1.54) is 7.11 Å². The molecule has 0 heterocycles. The lowest BCUT2D eigenvalue weighted by Gasteiger charge is -2.29. The lowest BCUT2D eigenvalue weighted by molar-refractivity contribution is -0.148. The largest absolute Gasteiger partial charge is 0.468 e. The number of carbonyl (C=O) groups excluding carboxylic acids is 1. The van der Waals surface area contributed by atoms with Gasteiger partial charge in [0.2, 0.25) is 0 Å². The van der Waals surface area contributed by atoms with Crippen molar-refractivity contribution >= 4 is 5.97 Å². The van der Waals surface area contributed by atoms with Gasteiger partial charge in [-0.15, -0.1) is 0 Å². The Balaban J connectivity index is 2.54. The van der Waals surface area contributed by atoms with Gasteiger partial charge in [-0.3, -0.25) is 4.79 Å². The van der Waals surface area contributed by atoms with Crippen LogP contribution in [-0.2, 0) is 9.53 Å². The summed E-state index contributed by atoms with van der Waals surface area (Å²) in [4.78, 5) is 14.5. The van der Waals surface area contributed by atoms with Gasteiger partial charge < -0.3 is 15.0 Å². The number of likely N-dealkylation sites (N-methyl/N-ethyl adjacent to an activating group) is 1. The number of methoxy groups -OCH3 is 1. The summed E-state index contributed by atoms with van der Waals surface area (Å²) in [5, 5.41) is 3.49. The monoisotopic (exact) mass is 270 g/mol. The van der Waals surface area contributed by atoms with E-state index in [1.807, 2.05) is 0 Å². The van der Waals surface area contributed by atoms with E-state index in [2.05, 4.69) is 31.0 Å². The van der Waals surface area contributed by atoms with Crippen LogP contribution < -0.4 is 5.32 Å². The molecule has 1 fully saturated rings. The van der Waals surface area contributed by atoms with Gasteiger partial charge in [-0.1, -0.05) is 27.2 Å². The summed E-state index contributed by atoms with van der Waals surface area (Å²) in [5.74, 6) is 0.572. The van der Waals surface area contributed by atoms with Crippen LogP contribution in [0, 0.1) is 5.92 Å². The Bertz CT molecular complexity index is 279. The first-order valence-electron chi connectivity index (χ1n) is 7.67. The first-order valence-corrected chi connectivity index (χ1v) is 7.67. The van der Waals surface area contributed by atoms with Gasteiger partial charge in [0.25, 0.3) is 0 Å². The van der Waals surface area contributed by atoms with Crippen molar-refractivity contribution in [1.82, 2.24) is 10.2 Å². The Hall–Kier alpha value is -0.610. The molecule has 112 valence electrons. The van der Waals surface area contributed by atoms with Gasteiger partial charge in [0.15, 0.2) is 0 Å². The van der Waals surface area contributed by atoms with Gasteiger partial charge in [-0.25, -0.2) is 0 Å². The lowest BCUT2D eigenvalue weighted by atomic mass is 9.95. The fourth-order valence-corrected chi connectivity index (χ4v) is 3.10. The average molecular weight is 270 g/mol. The van der Waals surface area contributed by atoms with Crippen LogP contribution in [0.1, 0.15) is 46.5 Å². The van der Waals surface area contributed by atoms with E-state index in [1.54, 1.807) is 0 Å². The highest BCUT2D eigenvalue weighted by atomic mass is 16.5. The Kier molecular flexibility index (Phi) is 6.80. The molecular formula is C15H30N2O2. The maximum absolute atomic E-state index is 12.1. The molecule has 0 aromatic carbocycles. The van der Waals surface area contributed by atoms with Gasteiger partial charge in [-0.05, 0) is 38.3 Å². The summed E-state index contributed by atoms with van der Waals surface area (Å²) in [6.07, 6.45) is 4.12. The molecule has 1 aliphatic carbocycles. The zero-order valence-corrected chi connectivity index (χ0v) is 13.0. The average Bonchev–Trinajstić information content (AvgIpc) is 2.87. The molecule has 0 aliphatic heterocycles. The molecule has 1 aliphatic rings. The van der Waals surface area contributed by atoms with Gasteiger partial charge >= 0.3 is 5.97 Å². The van der Waals surface area contributed by atoms with Crippen molar-refractivity contribution in [2.45, 2.75) is 52.0 Å². The van der Waals surface area contributed by atoms with E-state index in [9.17, 15) is 4.79 Å². The minimum absolute atomic E-state index is 0.0806. The van der Waals surface area contributed by atoms with E-state index in [0.29, 0.717) is 5.92 Å². The molecule has 0 spiro atoms. The van der Waals surface area contributed by atoms with E-state index in [4.69, 9.17) is 4.74 Å². The fraction of sp³-hybridized carbons (Fsp3) is 0.933. The molecule has 0 aromatic rings. The molecule has 0 amide bonds. The zero-order chi connectivity index (χ0) is 14.3. The van der Waals surface area contributed by atoms with Crippen LogP contribution in [-0.4, -0.2) is 49.7 Å². The first kappa shape index (κ1) is 16.4. The van der Waals surface area contributed by atoms with Crippen molar-refractivity contribution in [3.05, 3.63) is 0 Å². The van der Waals surface area contributed by atoms with Gasteiger partial charge in [-0.2, -0.15) is 0 Å². The molecule has 0 bridgehead atoms. The first-order chi connectivity index (χ1) is 9.11. The van der Waals surface area contributed by atoms with Gasteiger partial charge in [0.05, 0.1) is 7.11 Å². The summed E-state index contributed by atoms with van der Waals surface area (Å²) in [6.45, 7) is 10.5.